The van der Waals surface area contributed by atoms with Crippen molar-refractivity contribution in [3.8, 4) is 0 Å². The van der Waals surface area contributed by atoms with Gasteiger partial charge in [0.1, 0.15) is 0 Å². The zero-order valence-electron chi connectivity index (χ0n) is 47.2. The number of alkyl halides is 52. The summed E-state index contributed by atoms with van der Waals surface area (Å²) in [5, 5.41) is 0. The molecule has 100 heavy (non-hydrogen) atoms. The van der Waals surface area contributed by atoms with Gasteiger partial charge in [0, 0.05) is 45.3 Å². The molecule has 1 rings (SSSR count). The Kier molecular flexibility index (Phi) is 26.3. The second-order valence-electron chi connectivity index (χ2n) is 22.0. The van der Waals surface area contributed by atoms with E-state index in [0.29, 0.717) is 12.1 Å². The van der Waals surface area contributed by atoms with Crippen molar-refractivity contribution in [2.24, 2.45) is 11.8 Å². The molecule has 1 nitrogen and oxygen atoms in total. The van der Waals surface area contributed by atoms with Gasteiger partial charge in [-0.15, -0.1) is 0 Å². The summed E-state index contributed by atoms with van der Waals surface area (Å²) in [4.78, 5) is 0.0628. The highest BCUT2D eigenvalue weighted by Crippen LogP contribution is 2.66. The summed E-state index contributed by atoms with van der Waals surface area (Å²) in [6, 6.07) is 3.86. The van der Waals surface area contributed by atoms with E-state index in [2.05, 4.69) is 0 Å². The third-order valence-electron chi connectivity index (χ3n) is 14.7. The molecule has 0 saturated carbocycles. The van der Waals surface area contributed by atoms with Gasteiger partial charge in [-0.25, -0.2) is 0 Å². The first-order chi connectivity index (χ1) is 43.3. The van der Waals surface area contributed by atoms with E-state index in [9.17, 15) is 228 Å². The Morgan fingerprint density at radius 3 is 0.530 bits per heavy atom. The molecule has 0 aliphatic heterocycles. The number of hydrogen-bond acceptors (Lipinski definition) is 1. The fraction of sp³-hybridized carbons (Fsp3) is 0.872. The van der Waals surface area contributed by atoms with Crippen molar-refractivity contribution in [1.29, 1.82) is 0 Å². The molecule has 0 aliphatic carbocycles. The molecular weight excluding hydrogens is 1570 g/mol. The summed E-state index contributed by atoms with van der Waals surface area (Å²) in [7, 11) is 0. The van der Waals surface area contributed by atoms with Crippen LogP contribution in [0.15, 0.2) is 30.3 Å². The smallest absolute Gasteiger partial charge is 0.299 e. The van der Waals surface area contributed by atoms with E-state index in [1.807, 2.05) is 0 Å². The summed E-state index contributed by atoms with van der Waals surface area (Å²) in [6.45, 7) is -5.27. The van der Waals surface area contributed by atoms with Gasteiger partial charge in [0.2, 0.25) is 0 Å². The average Bonchev–Trinajstić information content (AvgIpc) is 0.733. The Morgan fingerprint density at radius 2 is 0.370 bits per heavy atom. The van der Waals surface area contributed by atoms with E-state index in [1.54, 1.807) is 0 Å². The molecule has 0 radical (unpaired) electrons. The summed E-state index contributed by atoms with van der Waals surface area (Å²) in [6.07, 6.45) is -64.3. The van der Waals surface area contributed by atoms with Gasteiger partial charge in [0.15, 0.2) is 0 Å². The van der Waals surface area contributed by atoms with Crippen molar-refractivity contribution in [3.05, 3.63) is 35.9 Å². The molecule has 1 aromatic carbocycles. The predicted octanol–water partition coefficient (Wildman–Crippen LogP) is 23.4. The van der Waals surface area contributed by atoms with Crippen LogP contribution in [-0.2, 0) is 6.54 Å². The first kappa shape index (κ1) is 93.6. The fourth-order valence-electron chi connectivity index (χ4n) is 8.72. The molecule has 0 amide bonds. The van der Waals surface area contributed by atoms with Crippen molar-refractivity contribution < 1.29 is 228 Å². The Balaban J connectivity index is 4.40. The summed E-state index contributed by atoms with van der Waals surface area (Å²) in [5.41, 5.74) is -0.593. The van der Waals surface area contributed by atoms with E-state index in [-0.39, 0.29) is 4.90 Å². The second kappa shape index (κ2) is 28.1. The van der Waals surface area contributed by atoms with Crippen LogP contribution < -0.4 is 0 Å². The number of nitrogens with zero attached hydrogens (tertiary/aromatic N) is 1. The minimum atomic E-state index is -8.69. The third kappa shape index (κ3) is 16.0. The highest BCUT2D eigenvalue weighted by Gasteiger charge is 2.95. The van der Waals surface area contributed by atoms with Crippen LogP contribution in [-0.4, -0.2) is 161 Å². The Morgan fingerprint density at radius 1 is 0.210 bits per heavy atom. The van der Waals surface area contributed by atoms with Crippen molar-refractivity contribution in [2.45, 2.75) is 227 Å². The molecule has 0 fully saturated rings. The zero-order valence-corrected chi connectivity index (χ0v) is 47.2. The highest BCUT2D eigenvalue weighted by atomic mass is 19.5. The number of benzene rings is 1. The van der Waals surface area contributed by atoms with Gasteiger partial charge in [-0.1, -0.05) is 30.3 Å². The van der Waals surface area contributed by atoms with Gasteiger partial charge in [-0.3, -0.25) is 4.90 Å². The van der Waals surface area contributed by atoms with E-state index < -0.39 is 257 Å². The minimum absolute atomic E-state index is 0.0628. The minimum Gasteiger partial charge on any atom is -0.299 e. The molecule has 0 bridgehead atoms. The summed E-state index contributed by atoms with van der Waals surface area (Å²) >= 11 is 0. The lowest BCUT2D eigenvalue weighted by Crippen LogP contribution is -2.70. The van der Waals surface area contributed by atoms with Gasteiger partial charge in [-0.2, -0.15) is 228 Å². The lowest BCUT2D eigenvalue weighted by atomic mass is 9.87. The predicted molar refractivity (Wildman–Crippen MR) is 227 cm³/mol. The second-order valence-corrected chi connectivity index (χ2v) is 22.0. The van der Waals surface area contributed by atoms with E-state index in [0.717, 1.165) is 18.2 Å². The van der Waals surface area contributed by atoms with E-state index >= 15 is 0 Å². The topological polar surface area (TPSA) is 3.24 Å². The van der Waals surface area contributed by atoms with Crippen LogP contribution in [0.1, 0.15) is 82.6 Å². The van der Waals surface area contributed by atoms with Crippen LogP contribution >= 0.6 is 0 Å². The average molecular weight is 1600 g/mol. The van der Waals surface area contributed by atoms with Gasteiger partial charge < -0.3 is 0 Å². The molecule has 1 aromatic rings. The Hall–Kier alpha value is -4.46. The van der Waals surface area contributed by atoms with Crippen LogP contribution in [0.2, 0.25) is 0 Å². The number of rotatable bonds is 38. The van der Waals surface area contributed by atoms with Gasteiger partial charge in [0.05, 0.1) is 0 Å². The molecule has 0 aromatic heterocycles. The molecule has 0 atom stereocenters. The van der Waals surface area contributed by atoms with E-state index in [4.69, 9.17) is 0 Å². The van der Waals surface area contributed by atoms with Crippen molar-refractivity contribution in [2.75, 3.05) is 13.1 Å². The van der Waals surface area contributed by atoms with Crippen LogP contribution in [0.5, 0.6) is 0 Å². The molecule has 594 valence electrons. The largest absolute Gasteiger partial charge is 0.460 e. The molecule has 0 N–H and O–H groups in total. The Bertz CT molecular complexity index is 2450. The van der Waals surface area contributed by atoms with Gasteiger partial charge in [-0.05, 0) is 68.8 Å². The SMILES string of the molecule is FC(F)(F)C(F)(F)C(F)(F)C(F)(F)C(F)(F)C(F)(F)CCCC(CCCC(F)(F)C(F)(F)C(F)(F)C(F)(F)C(F)(F)C(F)(F)F)CN(Cc1ccccc1)CC(CCCC(F)(F)C(F)(F)C(F)(F)C(F)(F)C(F)(F)C(F)(F)F)CCCC(F)(F)C(F)(F)C(F)(F)C(F)(F)C(F)(F)C(F)(F)F. The van der Waals surface area contributed by atoms with Crippen molar-refractivity contribution in [3.63, 3.8) is 0 Å². The lowest BCUT2D eigenvalue weighted by Gasteiger charge is -2.40. The molecule has 0 aliphatic rings. The summed E-state index contributed by atoms with van der Waals surface area (Å²) in [5.74, 6) is -171. The summed E-state index contributed by atoms with van der Waals surface area (Å²) < 4.78 is 722. The molecule has 53 heteroatoms. The monoisotopic (exact) mass is 1600 g/mol. The standard InChI is InChI=1S/C47H37F52N/c48-24(49,28(56,57)32(64,65)36(72,73)40(80,81)44(88,89)90)14-4-10-22(11-5-15-25(50,51)29(58,59)33(66,67)37(74,75)41(82,83)45(91,92)93)19-100(18-21-8-2-1-3-9-21)20-23(12-6-16-26(52,53)30(60,61)34(68,69)38(76,77)42(84,85)46(94,95)96)13-7-17-27(54,55)31(62,63)35(70,71)39(78,79)43(86,87)47(97,98)99/h1-3,8-9,22-23H,4-7,10-20H2. The van der Waals surface area contributed by atoms with Crippen LogP contribution in [0, 0.1) is 11.8 Å². The molecule has 0 spiro atoms. The first-order valence-electron chi connectivity index (χ1n) is 25.9. The van der Waals surface area contributed by atoms with Crippen LogP contribution in [0.4, 0.5) is 228 Å². The van der Waals surface area contributed by atoms with Crippen molar-refractivity contribution >= 4 is 0 Å². The number of halogens is 52. The quantitative estimate of drug-likeness (QED) is 0.0597. The molecule has 0 unspecified atom stereocenters. The lowest BCUT2D eigenvalue weighted by molar-refractivity contribution is -0.440. The zero-order chi connectivity index (χ0) is 80.5. The highest BCUT2D eigenvalue weighted by molar-refractivity contribution is 5.16. The maximum absolute atomic E-state index is 14.9. The maximum atomic E-state index is 14.9. The van der Waals surface area contributed by atoms with Crippen molar-refractivity contribution in [1.82, 2.24) is 4.90 Å². The Labute approximate surface area is 521 Å². The normalized spacial score (nSPS) is 16.3. The third-order valence-corrected chi connectivity index (χ3v) is 14.7. The molecule has 0 heterocycles. The van der Waals surface area contributed by atoms with Crippen LogP contribution in [0.25, 0.3) is 0 Å². The van der Waals surface area contributed by atoms with Gasteiger partial charge >= 0.3 is 143 Å². The number of hydrogen-bond donors (Lipinski definition) is 0. The van der Waals surface area contributed by atoms with Gasteiger partial charge in [0.25, 0.3) is 0 Å². The molecular formula is C47H37F52N. The fourth-order valence-corrected chi connectivity index (χ4v) is 8.72. The van der Waals surface area contributed by atoms with E-state index in [1.165, 1.54) is 0 Å². The first-order valence-corrected chi connectivity index (χ1v) is 25.9. The molecule has 0 saturated heterocycles. The maximum Gasteiger partial charge on any atom is 0.460 e. The van der Waals surface area contributed by atoms with Crippen LogP contribution in [0.3, 0.4) is 0 Å².